The molecule has 1 aliphatic rings. The van der Waals surface area contributed by atoms with Gasteiger partial charge in [-0.15, -0.1) is 0 Å². The molecule has 0 aliphatic carbocycles. The van der Waals surface area contributed by atoms with Gasteiger partial charge >= 0.3 is 5.97 Å². The molecule has 0 saturated carbocycles. The van der Waals surface area contributed by atoms with E-state index in [0.717, 1.165) is 27.2 Å². The van der Waals surface area contributed by atoms with Gasteiger partial charge in [0.25, 0.3) is 0 Å². The maximum Gasteiger partial charge on any atom is 0.337 e. The normalized spacial score (nSPS) is 17.5. The third-order valence-electron chi connectivity index (χ3n) is 5.69. The average molecular weight is 534 g/mol. The molecular formula is C26H20BrN3O3S. The van der Waals surface area contributed by atoms with Gasteiger partial charge in [-0.3, -0.25) is 4.98 Å². The first kappa shape index (κ1) is 22.3. The summed E-state index contributed by atoms with van der Waals surface area (Å²) in [6.07, 6.45) is 1.77. The van der Waals surface area contributed by atoms with Crippen LogP contribution >= 0.6 is 28.1 Å². The summed E-state index contributed by atoms with van der Waals surface area (Å²) < 4.78 is 12.2. The fraction of sp³-hybridized carbons (Fsp3) is 0.115. The monoisotopic (exact) mass is 533 g/mol. The number of nitrogens with zero attached hydrogens (tertiary/aromatic N) is 2. The van der Waals surface area contributed by atoms with Crippen LogP contribution in [0.1, 0.15) is 33.9 Å². The van der Waals surface area contributed by atoms with Gasteiger partial charge in [0.05, 0.1) is 24.4 Å². The van der Waals surface area contributed by atoms with Gasteiger partial charge in [0, 0.05) is 21.9 Å². The number of hydrogen-bond donors (Lipinski definition) is 1. The lowest BCUT2D eigenvalue weighted by Crippen LogP contribution is -2.29. The van der Waals surface area contributed by atoms with Crippen molar-refractivity contribution < 1.29 is 13.9 Å². The van der Waals surface area contributed by atoms with Crippen LogP contribution in [0.5, 0.6) is 0 Å². The number of aromatic nitrogens is 1. The lowest BCUT2D eigenvalue weighted by atomic mass is 10.0. The van der Waals surface area contributed by atoms with Crippen LogP contribution in [0.15, 0.2) is 93.9 Å². The van der Waals surface area contributed by atoms with Gasteiger partial charge in [-0.2, -0.15) is 0 Å². The summed E-state index contributed by atoms with van der Waals surface area (Å²) in [5, 5.41) is 4.02. The number of carbonyl (C=O) groups is 1. The highest BCUT2D eigenvalue weighted by Gasteiger charge is 2.42. The molecule has 0 bridgehead atoms. The third-order valence-corrected chi connectivity index (χ3v) is 6.53. The molecule has 4 aromatic rings. The van der Waals surface area contributed by atoms with Gasteiger partial charge in [0.2, 0.25) is 0 Å². The minimum absolute atomic E-state index is 0.210. The standard InChI is InChI=1S/C26H20BrN3O3S/c1-32-25(31)17-6-4-5-16(15-17)21-12-13-22(33-21)24-23(20-7-2-3-14-28-20)29-26(34)30(24)19-10-8-18(27)9-11-19/h2-15,23-24H,1H3,(H,29,34)/t23-,24+/m0/s1. The summed E-state index contributed by atoms with van der Waals surface area (Å²) in [5.74, 6) is 0.981. The Morgan fingerprint density at radius 2 is 1.91 bits per heavy atom. The van der Waals surface area contributed by atoms with E-state index in [-0.39, 0.29) is 12.1 Å². The van der Waals surface area contributed by atoms with Crippen molar-refractivity contribution in [3.63, 3.8) is 0 Å². The van der Waals surface area contributed by atoms with Gasteiger partial charge in [-0.1, -0.05) is 34.1 Å². The van der Waals surface area contributed by atoms with Crippen LogP contribution in [0.4, 0.5) is 5.69 Å². The number of carbonyl (C=O) groups excluding carboxylic acids is 1. The Kier molecular flexibility index (Phi) is 6.17. The summed E-state index contributed by atoms with van der Waals surface area (Å²) in [5.41, 5.74) is 3.05. The predicted octanol–water partition coefficient (Wildman–Crippen LogP) is 6.07. The Balaban J connectivity index is 1.57. The van der Waals surface area contributed by atoms with Gasteiger partial charge in [-0.05, 0) is 72.9 Å². The Hall–Kier alpha value is -3.49. The quantitative estimate of drug-likeness (QED) is 0.246. The van der Waals surface area contributed by atoms with Crippen molar-refractivity contribution in [2.24, 2.45) is 0 Å². The first-order valence-corrected chi connectivity index (χ1v) is 11.8. The van der Waals surface area contributed by atoms with Gasteiger partial charge in [-0.25, -0.2) is 4.79 Å². The first-order valence-electron chi connectivity index (χ1n) is 10.6. The lowest BCUT2D eigenvalue weighted by molar-refractivity contribution is 0.0601. The second-order valence-electron chi connectivity index (χ2n) is 7.75. The Labute approximate surface area is 210 Å². The highest BCUT2D eigenvalue weighted by Crippen LogP contribution is 2.43. The minimum Gasteiger partial charge on any atom is -0.465 e. The van der Waals surface area contributed by atoms with Crippen molar-refractivity contribution in [1.29, 1.82) is 0 Å². The highest BCUT2D eigenvalue weighted by molar-refractivity contribution is 9.10. The number of pyridine rings is 1. The molecule has 8 heteroatoms. The maximum absolute atomic E-state index is 12.0. The number of methoxy groups -OCH3 is 1. The zero-order chi connectivity index (χ0) is 23.7. The van der Waals surface area contributed by atoms with Gasteiger partial charge < -0.3 is 19.4 Å². The highest BCUT2D eigenvalue weighted by atomic mass is 79.9. The summed E-state index contributed by atoms with van der Waals surface area (Å²) >= 11 is 9.25. The zero-order valence-corrected chi connectivity index (χ0v) is 20.5. The van der Waals surface area contributed by atoms with Crippen LogP contribution in [0, 0.1) is 0 Å². The van der Waals surface area contributed by atoms with E-state index >= 15 is 0 Å². The smallest absolute Gasteiger partial charge is 0.337 e. The van der Waals surface area contributed by atoms with Gasteiger partial charge in [0.15, 0.2) is 5.11 Å². The van der Waals surface area contributed by atoms with E-state index in [0.29, 0.717) is 16.4 Å². The van der Waals surface area contributed by atoms with E-state index in [4.69, 9.17) is 21.4 Å². The predicted molar refractivity (Wildman–Crippen MR) is 138 cm³/mol. The third kappa shape index (κ3) is 4.22. The number of benzene rings is 2. The summed E-state index contributed by atoms with van der Waals surface area (Å²) in [7, 11) is 1.37. The molecule has 2 atom stereocenters. The van der Waals surface area contributed by atoms with E-state index in [1.165, 1.54) is 7.11 Å². The molecule has 0 radical (unpaired) electrons. The molecule has 1 N–H and O–H groups in total. The minimum atomic E-state index is -0.393. The molecule has 2 aromatic carbocycles. The van der Waals surface area contributed by atoms with Crippen LogP contribution in [-0.4, -0.2) is 23.2 Å². The number of ether oxygens (including phenoxy) is 1. The molecule has 1 aliphatic heterocycles. The van der Waals surface area contributed by atoms with Crippen molar-refractivity contribution in [3.05, 3.63) is 107 Å². The van der Waals surface area contributed by atoms with Crippen LogP contribution in [0.25, 0.3) is 11.3 Å². The van der Waals surface area contributed by atoms with Crippen LogP contribution in [0.3, 0.4) is 0 Å². The fourth-order valence-corrected chi connectivity index (χ4v) is 4.72. The maximum atomic E-state index is 12.0. The first-order chi connectivity index (χ1) is 16.5. The number of thiocarbonyl (C=S) groups is 1. The molecule has 170 valence electrons. The Morgan fingerprint density at radius 3 is 2.65 bits per heavy atom. The average Bonchev–Trinajstić information content (AvgIpc) is 3.49. The molecule has 34 heavy (non-hydrogen) atoms. The number of nitrogens with one attached hydrogen (secondary N) is 1. The van der Waals surface area contributed by atoms with E-state index in [9.17, 15) is 4.79 Å². The van der Waals surface area contributed by atoms with E-state index < -0.39 is 5.97 Å². The van der Waals surface area contributed by atoms with Crippen molar-refractivity contribution in [2.45, 2.75) is 12.1 Å². The van der Waals surface area contributed by atoms with Crippen LogP contribution in [-0.2, 0) is 4.74 Å². The molecule has 3 heterocycles. The van der Waals surface area contributed by atoms with Crippen LogP contribution in [0.2, 0.25) is 0 Å². The summed E-state index contributed by atoms with van der Waals surface area (Å²) in [6.45, 7) is 0. The molecule has 0 unspecified atom stereocenters. The summed E-state index contributed by atoms with van der Waals surface area (Å²) in [4.78, 5) is 18.6. The molecule has 5 rings (SSSR count). The Morgan fingerprint density at radius 1 is 1.09 bits per heavy atom. The molecule has 1 fully saturated rings. The van der Waals surface area contributed by atoms with E-state index in [1.54, 1.807) is 24.4 Å². The molecule has 0 spiro atoms. The molecule has 0 amide bonds. The van der Waals surface area contributed by atoms with Crippen molar-refractivity contribution in [1.82, 2.24) is 10.3 Å². The topological polar surface area (TPSA) is 67.6 Å². The largest absolute Gasteiger partial charge is 0.465 e. The van der Waals surface area contributed by atoms with E-state index in [2.05, 4.69) is 31.1 Å². The Bertz CT molecular complexity index is 1340. The van der Waals surface area contributed by atoms with Crippen LogP contribution < -0.4 is 10.2 Å². The number of esters is 1. The zero-order valence-electron chi connectivity index (χ0n) is 18.1. The van der Waals surface area contributed by atoms with Crippen molar-refractivity contribution >= 4 is 44.9 Å². The van der Waals surface area contributed by atoms with Gasteiger partial charge in [0.1, 0.15) is 17.6 Å². The number of halogens is 1. The second kappa shape index (κ2) is 9.40. The number of anilines is 1. The summed E-state index contributed by atoms with van der Waals surface area (Å²) in [6, 6.07) is 24.4. The SMILES string of the molecule is COC(=O)c1cccc(-c2ccc([C@@H]3[C@H](c4ccccn4)NC(=S)N3c3ccc(Br)cc3)o2)c1. The fourth-order valence-electron chi connectivity index (χ4n) is 4.11. The number of rotatable bonds is 5. The van der Waals surface area contributed by atoms with E-state index in [1.807, 2.05) is 60.7 Å². The molecule has 2 aromatic heterocycles. The second-order valence-corrected chi connectivity index (χ2v) is 9.05. The molecule has 1 saturated heterocycles. The number of hydrogen-bond acceptors (Lipinski definition) is 5. The molecule has 6 nitrogen and oxygen atoms in total. The van der Waals surface area contributed by atoms with Crippen molar-refractivity contribution in [2.75, 3.05) is 12.0 Å². The lowest BCUT2D eigenvalue weighted by Gasteiger charge is -2.26. The number of furan rings is 1. The van der Waals surface area contributed by atoms with Crippen molar-refractivity contribution in [3.8, 4) is 11.3 Å². The molecular weight excluding hydrogens is 514 g/mol.